The van der Waals surface area contributed by atoms with Gasteiger partial charge in [0.25, 0.3) is 0 Å². The molecule has 18 heavy (non-hydrogen) atoms. The van der Waals surface area contributed by atoms with Crippen molar-refractivity contribution in [3.05, 3.63) is 65.2 Å². The van der Waals surface area contributed by atoms with Crippen LogP contribution in [0.1, 0.15) is 11.1 Å². The summed E-state index contributed by atoms with van der Waals surface area (Å²) in [5.74, 6) is -1.62. The predicted molar refractivity (Wildman–Crippen MR) is 61.1 cm³/mol. The molecule has 0 aliphatic rings. The smallest absolute Gasteiger partial charge is 0.141 e. The fourth-order valence-corrected chi connectivity index (χ4v) is 1.56. The van der Waals surface area contributed by atoms with E-state index in [0.29, 0.717) is 17.7 Å². The Hall–Kier alpha value is -1.88. The van der Waals surface area contributed by atoms with Gasteiger partial charge in [-0.15, -0.1) is 0 Å². The highest BCUT2D eigenvalue weighted by molar-refractivity contribution is 5.18. The molecule has 0 saturated carbocycles. The lowest BCUT2D eigenvalue weighted by Crippen LogP contribution is -2.14. The molecule has 0 aliphatic heterocycles. The molecule has 0 atom stereocenters. The molecule has 0 saturated heterocycles. The van der Waals surface area contributed by atoms with Crippen molar-refractivity contribution in [2.45, 2.75) is 13.1 Å². The number of hydrogen-bond donors (Lipinski definition) is 1. The summed E-state index contributed by atoms with van der Waals surface area (Å²) >= 11 is 0. The van der Waals surface area contributed by atoms with Crippen molar-refractivity contribution in [1.29, 1.82) is 0 Å². The highest BCUT2D eigenvalue weighted by Gasteiger charge is 2.03. The minimum atomic E-state index is -0.606. The average Bonchev–Trinajstić information content (AvgIpc) is 2.32. The molecule has 0 amide bonds. The zero-order chi connectivity index (χ0) is 13.0. The van der Waals surface area contributed by atoms with Crippen molar-refractivity contribution < 1.29 is 13.2 Å². The molecule has 5 heteroatoms. The Labute approximate surface area is 102 Å². The van der Waals surface area contributed by atoms with E-state index in [2.05, 4.69) is 10.3 Å². The molecule has 1 aromatic heterocycles. The molecule has 0 radical (unpaired) electrons. The number of hydrogen-bond acceptors (Lipinski definition) is 2. The quantitative estimate of drug-likeness (QED) is 0.905. The van der Waals surface area contributed by atoms with E-state index >= 15 is 0 Å². The van der Waals surface area contributed by atoms with Gasteiger partial charge in [-0.25, -0.2) is 13.2 Å². The molecule has 0 unspecified atom stereocenters. The molecule has 0 spiro atoms. The van der Waals surface area contributed by atoms with Crippen molar-refractivity contribution in [2.24, 2.45) is 0 Å². The van der Waals surface area contributed by atoms with E-state index < -0.39 is 17.5 Å². The summed E-state index contributed by atoms with van der Waals surface area (Å²) in [7, 11) is 0. The van der Waals surface area contributed by atoms with Gasteiger partial charge in [-0.1, -0.05) is 6.07 Å². The van der Waals surface area contributed by atoms with E-state index in [4.69, 9.17) is 0 Å². The highest BCUT2D eigenvalue weighted by Crippen LogP contribution is 2.09. The van der Waals surface area contributed by atoms with Crippen LogP contribution in [-0.4, -0.2) is 4.98 Å². The zero-order valence-electron chi connectivity index (χ0n) is 9.46. The monoisotopic (exact) mass is 252 g/mol. The Morgan fingerprint density at radius 2 is 1.78 bits per heavy atom. The van der Waals surface area contributed by atoms with Gasteiger partial charge in [0.05, 0.1) is 6.20 Å². The van der Waals surface area contributed by atoms with E-state index in [9.17, 15) is 13.2 Å². The van der Waals surface area contributed by atoms with Gasteiger partial charge >= 0.3 is 0 Å². The predicted octanol–water partition coefficient (Wildman–Crippen LogP) is 2.79. The molecule has 1 heterocycles. The van der Waals surface area contributed by atoms with E-state index in [0.717, 1.165) is 12.3 Å². The summed E-state index contributed by atoms with van der Waals surface area (Å²) < 4.78 is 38.8. The van der Waals surface area contributed by atoms with Gasteiger partial charge in [0.1, 0.15) is 17.5 Å². The maximum atomic E-state index is 13.3. The summed E-state index contributed by atoms with van der Waals surface area (Å²) in [5.41, 5.74) is 1.03. The second-order valence-corrected chi connectivity index (χ2v) is 3.85. The Morgan fingerprint density at radius 3 is 2.50 bits per heavy atom. The Kier molecular flexibility index (Phi) is 3.94. The second-order valence-electron chi connectivity index (χ2n) is 3.85. The maximum Gasteiger partial charge on any atom is 0.141 e. The normalized spacial score (nSPS) is 10.6. The van der Waals surface area contributed by atoms with Crippen LogP contribution >= 0.6 is 0 Å². The number of rotatable bonds is 4. The minimum Gasteiger partial charge on any atom is -0.308 e. The van der Waals surface area contributed by atoms with Crippen LogP contribution in [0.25, 0.3) is 0 Å². The number of benzene rings is 1. The SMILES string of the molecule is Fc1cncc(CNCc2ccc(F)cc2F)c1. The van der Waals surface area contributed by atoms with Crippen LogP contribution in [0.2, 0.25) is 0 Å². The van der Waals surface area contributed by atoms with Crippen LogP contribution < -0.4 is 5.32 Å². The zero-order valence-corrected chi connectivity index (χ0v) is 9.46. The highest BCUT2D eigenvalue weighted by atomic mass is 19.1. The van der Waals surface area contributed by atoms with Crippen LogP contribution in [0, 0.1) is 17.5 Å². The lowest BCUT2D eigenvalue weighted by Gasteiger charge is -2.06. The Morgan fingerprint density at radius 1 is 0.944 bits per heavy atom. The topological polar surface area (TPSA) is 24.9 Å². The standard InChI is InChI=1S/C13H11F3N2/c14-11-2-1-10(13(16)4-11)7-17-5-9-3-12(15)8-18-6-9/h1-4,6,8,17H,5,7H2. The first kappa shape index (κ1) is 12.6. The third-order valence-electron chi connectivity index (χ3n) is 2.42. The molecule has 1 N–H and O–H groups in total. The molecule has 2 rings (SSSR count). The van der Waals surface area contributed by atoms with Gasteiger partial charge in [0, 0.05) is 30.9 Å². The van der Waals surface area contributed by atoms with Crippen LogP contribution in [-0.2, 0) is 13.1 Å². The number of aromatic nitrogens is 1. The van der Waals surface area contributed by atoms with Gasteiger partial charge in [0.2, 0.25) is 0 Å². The summed E-state index contributed by atoms with van der Waals surface area (Å²) in [4.78, 5) is 3.70. The minimum absolute atomic E-state index is 0.239. The number of nitrogens with zero attached hydrogens (tertiary/aromatic N) is 1. The largest absolute Gasteiger partial charge is 0.308 e. The van der Waals surface area contributed by atoms with Gasteiger partial charge in [-0.3, -0.25) is 4.98 Å². The fourth-order valence-electron chi connectivity index (χ4n) is 1.56. The number of nitrogens with one attached hydrogen (secondary N) is 1. The van der Waals surface area contributed by atoms with Crippen molar-refractivity contribution >= 4 is 0 Å². The van der Waals surface area contributed by atoms with Gasteiger partial charge < -0.3 is 5.32 Å². The van der Waals surface area contributed by atoms with Crippen LogP contribution in [0.15, 0.2) is 36.7 Å². The first-order chi connectivity index (χ1) is 8.65. The van der Waals surface area contributed by atoms with Crippen molar-refractivity contribution in [2.75, 3.05) is 0 Å². The van der Waals surface area contributed by atoms with Gasteiger partial charge in [-0.2, -0.15) is 0 Å². The van der Waals surface area contributed by atoms with Crippen LogP contribution in [0.4, 0.5) is 13.2 Å². The third-order valence-corrected chi connectivity index (χ3v) is 2.42. The summed E-state index contributed by atoms with van der Waals surface area (Å²) in [6, 6.07) is 4.76. The van der Waals surface area contributed by atoms with Crippen LogP contribution in [0.5, 0.6) is 0 Å². The summed E-state index contributed by atoms with van der Waals surface area (Å²) in [6.45, 7) is 0.601. The summed E-state index contributed by atoms with van der Waals surface area (Å²) in [5, 5.41) is 2.94. The maximum absolute atomic E-state index is 13.3. The molecule has 2 nitrogen and oxygen atoms in total. The lowest BCUT2D eigenvalue weighted by molar-refractivity contribution is 0.559. The fraction of sp³-hybridized carbons (Fsp3) is 0.154. The van der Waals surface area contributed by atoms with E-state index in [-0.39, 0.29) is 6.54 Å². The molecule has 94 valence electrons. The van der Waals surface area contributed by atoms with Gasteiger partial charge in [0.15, 0.2) is 0 Å². The van der Waals surface area contributed by atoms with Crippen molar-refractivity contribution in [3.63, 3.8) is 0 Å². The lowest BCUT2D eigenvalue weighted by atomic mass is 10.2. The van der Waals surface area contributed by atoms with Crippen LogP contribution in [0.3, 0.4) is 0 Å². The number of pyridine rings is 1. The van der Waals surface area contributed by atoms with Crippen molar-refractivity contribution in [1.82, 2.24) is 10.3 Å². The first-order valence-corrected chi connectivity index (χ1v) is 5.39. The third kappa shape index (κ3) is 3.30. The molecule has 0 aliphatic carbocycles. The molecular formula is C13H11F3N2. The van der Waals surface area contributed by atoms with E-state index in [1.165, 1.54) is 24.4 Å². The van der Waals surface area contributed by atoms with Gasteiger partial charge in [-0.05, 0) is 17.7 Å². The molecule has 2 aromatic rings. The molecular weight excluding hydrogens is 241 g/mol. The van der Waals surface area contributed by atoms with E-state index in [1.807, 2.05) is 0 Å². The summed E-state index contributed by atoms with van der Waals surface area (Å²) in [6.07, 6.45) is 2.64. The molecule has 1 aromatic carbocycles. The average molecular weight is 252 g/mol. The first-order valence-electron chi connectivity index (χ1n) is 5.39. The Bertz CT molecular complexity index is 544. The molecule has 0 bridgehead atoms. The molecule has 0 fully saturated rings. The van der Waals surface area contributed by atoms with Crippen molar-refractivity contribution in [3.8, 4) is 0 Å². The second kappa shape index (κ2) is 5.64. The number of halogens is 3. The Balaban J connectivity index is 1.92. The van der Waals surface area contributed by atoms with E-state index in [1.54, 1.807) is 0 Å².